The quantitative estimate of drug-likeness (QED) is 0.876. The summed E-state index contributed by atoms with van der Waals surface area (Å²) < 4.78 is 2.30. The van der Waals surface area contributed by atoms with Gasteiger partial charge < -0.3 is 9.88 Å². The normalized spacial score (nSPS) is 15.9. The van der Waals surface area contributed by atoms with Crippen molar-refractivity contribution in [2.24, 2.45) is 0 Å². The predicted octanol–water partition coefficient (Wildman–Crippen LogP) is 3.93. The summed E-state index contributed by atoms with van der Waals surface area (Å²) in [6.07, 6.45) is 10.4. The van der Waals surface area contributed by atoms with E-state index >= 15 is 0 Å². The molecule has 2 aromatic heterocycles. The summed E-state index contributed by atoms with van der Waals surface area (Å²) in [6, 6.07) is 2.67. The summed E-state index contributed by atoms with van der Waals surface area (Å²) in [5, 5.41) is 3.64. The average Bonchev–Trinajstić information content (AvgIpc) is 3.11. The molecule has 2 aromatic rings. The molecule has 1 aliphatic carbocycles. The van der Waals surface area contributed by atoms with Gasteiger partial charge in [0.05, 0.1) is 0 Å². The Kier molecular flexibility index (Phi) is 4.76. The zero-order valence-corrected chi connectivity index (χ0v) is 13.9. The lowest BCUT2D eigenvalue weighted by Crippen LogP contribution is -2.24. The fraction of sp³-hybridized carbons (Fsp3) is 0.588. The second-order valence-corrected chi connectivity index (χ2v) is 6.94. The highest BCUT2D eigenvalue weighted by Gasteiger charge is 2.23. The number of hydrogen-bond donors (Lipinski definition) is 1. The van der Waals surface area contributed by atoms with Crippen molar-refractivity contribution in [1.29, 1.82) is 0 Å². The number of thiophene rings is 1. The zero-order valence-electron chi connectivity index (χ0n) is 13.1. The van der Waals surface area contributed by atoms with E-state index in [0.29, 0.717) is 0 Å². The van der Waals surface area contributed by atoms with Gasteiger partial charge in [0.25, 0.3) is 0 Å². The summed E-state index contributed by atoms with van der Waals surface area (Å²) in [6.45, 7) is 6.40. The lowest BCUT2D eigenvalue weighted by atomic mass is 9.99. The summed E-state index contributed by atoms with van der Waals surface area (Å²) >= 11 is 1.99. The van der Waals surface area contributed by atoms with Crippen LogP contribution < -0.4 is 5.32 Å². The molecule has 4 heteroatoms. The molecule has 2 heterocycles. The van der Waals surface area contributed by atoms with Crippen LogP contribution in [-0.2, 0) is 19.4 Å². The SMILES string of the molecule is CCCn1ccnc1C(NCC)c1cc2c(s1)CCCC2. The number of aromatic nitrogens is 2. The van der Waals surface area contributed by atoms with Crippen molar-refractivity contribution >= 4 is 11.3 Å². The van der Waals surface area contributed by atoms with E-state index in [1.54, 1.807) is 10.4 Å². The first-order valence-electron chi connectivity index (χ1n) is 8.19. The van der Waals surface area contributed by atoms with Gasteiger partial charge in [0.2, 0.25) is 0 Å². The van der Waals surface area contributed by atoms with Gasteiger partial charge in [-0.1, -0.05) is 13.8 Å². The second kappa shape index (κ2) is 6.75. The van der Waals surface area contributed by atoms with Crippen molar-refractivity contribution in [3.8, 4) is 0 Å². The third-order valence-electron chi connectivity index (χ3n) is 4.18. The molecule has 0 aliphatic heterocycles. The van der Waals surface area contributed by atoms with Crippen molar-refractivity contribution in [1.82, 2.24) is 14.9 Å². The maximum Gasteiger partial charge on any atom is 0.131 e. The number of nitrogens with zero attached hydrogens (tertiary/aromatic N) is 2. The van der Waals surface area contributed by atoms with Gasteiger partial charge in [-0.05, 0) is 50.3 Å². The summed E-state index contributed by atoms with van der Waals surface area (Å²) in [5.74, 6) is 1.16. The maximum atomic E-state index is 4.64. The summed E-state index contributed by atoms with van der Waals surface area (Å²) in [7, 11) is 0. The van der Waals surface area contributed by atoms with Crippen LogP contribution in [0.15, 0.2) is 18.5 Å². The average molecular weight is 303 g/mol. The fourth-order valence-corrected chi connectivity index (χ4v) is 4.52. The molecule has 3 rings (SSSR count). The molecule has 114 valence electrons. The van der Waals surface area contributed by atoms with E-state index in [9.17, 15) is 0 Å². The number of fused-ring (bicyclic) bond motifs is 1. The largest absolute Gasteiger partial charge is 0.333 e. The van der Waals surface area contributed by atoms with Crippen LogP contribution in [0.5, 0.6) is 0 Å². The molecule has 3 nitrogen and oxygen atoms in total. The minimum Gasteiger partial charge on any atom is -0.333 e. The van der Waals surface area contributed by atoms with E-state index in [0.717, 1.165) is 25.3 Å². The fourth-order valence-electron chi connectivity index (χ4n) is 3.19. The number of nitrogens with one attached hydrogen (secondary N) is 1. The molecule has 0 fully saturated rings. The third kappa shape index (κ3) is 3.06. The Morgan fingerprint density at radius 1 is 1.33 bits per heavy atom. The Morgan fingerprint density at radius 3 is 2.95 bits per heavy atom. The molecular weight excluding hydrogens is 278 g/mol. The van der Waals surface area contributed by atoms with Crippen molar-refractivity contribution in [2.45, 2.75) is 58.5 Å². The van der Waals surface area contributed by atoms with Crippen LogP contribution in [0.2, 0.25) is 0 Å². The first-order chi connectivity index (χ1) is 10.3. The molecule has 1 unspecified atom stereocenters. The highest BCUT2D eigenvalue weighted by Crippen LogP contribution is 2.35. The molecule has 0 saturated heterocycles. The maximum absolute atomic E-state index is 4.64. The third-order valence-corrected chi connectivity index (χ3v) is 5.48. The molecule has 0 amide bonds. The Morgan fingerprint density at radius 2 is 2.19 bits per heavy atom. The molecule has 0 bridgehead atoms. The smallest absolute Gasteiger partial charge is 0.131 e. The van der Waals surface area contributed by atoms with Crippen LogP contribution in [0.25, 0.3) is 0 Å². The van der Waals surface area contributed by atoms with Gasteiger partial charge in [0, 0.05) is 28.7 Å². The summed E-state index contributed by atoms with van der Waals surface area (Å²) in [4.78, 5) is 7.69. The number of hydrogen-bond acceptors (Lipinski definition) is 3. The molecule has 1 N–H and O–H groups in total. The molecule has 21 heavy (non-hydrogen) atoms. The van der Waals surface area contributed by atoms with Gasteiger partial charge in [0.15, 0.2) is 0 Å². The van der Waals surface area contributed by atoms with E-state index < -0.39 is 0 Å². The van der Waals surface area contributed by atoms with Crippen molar-refractivity contribution in [3.05, 3.63) is 39.6 Å². The van der Waals surface area contributed by atoms with E-state index in [1.165, 1.54) is 30.6 Å². The standard InChI is InChI=1S/C17H25N3S/c1-3-10-20-11-9-19-17(20)16(18-4-2)15-12-13-7-5-6-8-14(13)21-15/h9,11-12,16,18H,3-8,10H2,1-2H3. The number of aryl methyl sites for hydroxylation is 3. The van der Waals surface area contributed by atoms with Gasteiger partial charge in [-0.25, -0.2) is 4.98 Å². The zero-order chi connectivity index (χ0) is 14.7. The van der Waals surface area contributed by atoms with Crippen LogP contribution in [0, 0.1) is 0 Å². The number of imidazole rings is 1. The molecule has 0 spiro atoms. The Labute approximate surface area is 131 Å². The van der Waals surface area contributed by atoms with Gasteiger partial charge >= 0.3 is 0 Å². The molecule has 1 atom stereocenters. The van der Waals surface area contributed by atoms with Crippen LogP contribution >= 0.6 is 11.3 Å². The van der Waals surface area contributed by atoms with Gasteiger partial charge in [-0.3, -0.25) is 0 Å². The van der Waals surface area contributed by atoms with Crippen molar-refractivity contribution in [2.75, 3.05) is 6.54 Å². The highest BCUT2D eigenvalue weighted by atomic mass is 32.1. The van der Waals surface area contributed by atoms with Gasteiger partial charge in [-0.2, -0.15) is 0 Å². The van der Waals surface area contributed by atoms with Crippen LogP contribution in [0.4, 0.5) is 0 Å². The Balaban J connectivity index is 1.93. The molecule has 0 radical (unpaired) electrons. The molecular formula is C17H25N3S. The van der Waals surface area contributed by atoms with E-state index in [1.807, 2.05) is 17.5 Å². The predicted molar refractivity (Wildman–Crippen MR) is 89.0 cm³/mol. The van der Waals surface area contributed by atoms with Crippen LogP contribution in [0.1, 0.15) is 60.3 Å². The molecule has 1 aliphatic rings. The first kappa shape index (κ1) is 14.8. The van der Waals surface area contributed by atoms with Crippen LogP contribution in [0.3, 0.4) is 0 Å². The van der Waals surface area contributed by atoms with Gasteiger partial charge in [-0.15, -0.1) is 11.3 Å². The van der Waals surface area contributed by atoms with E-state index in [2.05, 4.69) is 41.0 Å². The monoisotopic (exact) mass is 303 g/mol. The molecule has 0 saturated carbocycles. The first-order valence-corrected chi connectivity index (χ1v) is 9.01. The Bertz CT molecular complexity index is 561. The minimum absolute atomic E-state index is 0.243. The minimum atomic E-state index is 0.243. The topological polar surface area (TPSA) is 29.9 Å². The second-order valence-electron chi connectivity index (χ2n) is 5.77. The highest BCUT2D eigenvalue weighted by molar-refractivity contribution is 7.12. The van der Waals surface area contributed by atoms with Crippen molar-refractivity contribution in [3.63, 3.8) is 0 Å². The van der Waals surface area contributed by atoms with Crippen molar-refractivity contribution < 1.29 is 0 Å². The van der Waals surface area contributed by atoms with Gasteiger partial charge in [0.1, 0.15) is 11.9 Å². The van der Waals surface area contributed by atoms with E-state index in [4.69, 9.17) is 0 Å². The summed E-state index contributed by atoms with van der Waals surface area (Å²) in [5.41, 5.74) is 1.58. The Hall–Kier alpha value is -1.13. The lowest BCUT2D eigenvalue weighted by Gasteiger charge is -2.17. The molecule has 0 aromatic carbocycles. The van der Waals surface area contributed by atoms with Crippen LogP contribution in [-0.4, -0.2) is 16.1 Å². The van der Waals surface area contributed by atoms with E-state index in [-0.39, 0.29) is 6.04 Å². The lowest BCUT2D eigenvalue weighted by molar-refractivity contribution is 0.549. The number of rotatable bonds is 6.